The number of carbonyl (C=O) groups excluding carboxylic acids is 2. The molecule has 2 atom stereocenters. The third-order valence-corrected chi connectivity index (χ3v) is 10.4. The normalized spacial score (nSPS) is 18.2. The van der Waals surface area contributed by atoms with Crippen LogP contribution in [-0.2, 0) is 14.3 Å². The highest BCUT2D eigenvalue weighted by atomic mass is 31.2. The van der Waals surface area contributed by atoms with Crippen LogP contribution in [0.25, 0.3) is 0 Å². The molecule has 0 heterocycles. The molecule has 3 aromatic rings. The van der Waals surface area contributed by atoms with E-state index in [-0.39, 0.29) is 17.7 Å². The minimum absolute atomic E-state index is 0.0262. The first-order chi connectivity index (χ1) is 16.7. The molecule has 1 aliphatic carbocycles. The van der Waals surface area contributed by atoms with Gasteiger partial charge < -0.3 is 4.74 Å². The topological polar surface area (TPSA) is 43.4 Å². The standard InChI is InChI=1S/C30H31O3P/c1-2-33-30(32)28-22-21-24(29(28)31)14-12-13-23-34(25-15-6-3-7-16-25,26-17-8-4-9-18-26)27-19-10-5-11-20-27/h3-13,15-20,23-24,28H,2,14,21-22H2,1H3/b13-12+. The summed E-state index contributed by atoms with van der Waals surface area (Å²) in [5.74, 6) is 1.30. The van der Waals surface area contributed by atoms with Crippen molar-refractivity contribution >= 4 is 40.3 Å². The van der Waals surface area contributed by atoms with Gasteiger partial charge in [0.25, 0.3) is 0 Å². The smallest absolute Gasteiger partial charge is 0.316 e. The van der Waals surface area contributed by atoms with E-state index >= 15 is 0 Å². The van der Waals surface area contributed by atoms with Crippen molar-refractivity contribution in [3.8, 4) is 0 Å². The van der Waals surface area contributed by atoms with E-state index in [2.05, 4.69) is 109 Å². The highest BCUT2D eigenvalue weighted by molar-refractivity contribution is 7.94. The molecule has 1 aliphatic rings. The van der Waals surface area contributed by atoms with Crippen molar-refractivity contribution in [1.82, 2.24) is 0 Å². The quantitative estimate of drug-likeness (QED) is 0.268. The van der Waals surface area contributed by atoms with Crippen LogP contribution < -0.4 is 15.9 Å². The van der Waals surface area contributed by atoms with Crippen LogP contribution in [0.15, 0.2) is 103 Å². The third kappa shape index (κ3) is 5.00. The molecule has 4 rings (SSSR count). The molecule has 4 heteroatoms. The van der Waals surface area contributed by atoms with Gasteiger partial charge in [-0.05, 0) is 49.0 Å². The van der Waals surface area contributed by atoms with Crippen molar-refractivity contribution in [2.24, 2.45) is 11.8 Å². The van der Waals surface area contributed by atoms with Crippen molar-refractivity contribution in [2.75, 3.05) is 6.61 Å². The summed E-state index contributed by atoms with van der Waals surface area (Å²) in [7, 11) is 0. The molecular formula is C30H31O3P. The number of benzene rings is 3. The van der Waals surface area contributed by atoms with Gasteiger partial charge in [0, 0.05) is 5.92 Å². The van der Waals surface area contributed by atoms with Gasteiger partial charge in [0.2, 0.25) is 0 Å². The van der Waals surface area contributed by atoms with E-state index in [4.69, 9.17) is 4.74 Å². The summed E-state index contributed by atoms with van der Waals surface area (Å²) in [5.41, 5.74) is 0. The number of ether oxygens (including phenoxy) is 1. The highest BCUT2D eigenvalue weighted by Crippen LogP contribution is 2.43. The minimum atomic E-state index is -2.04. The fourth-order valence-electron chi connectivity index (χ4n) is 4.78. The maximum absolute atomic E-state index is 12.7. The molecule has 0 spiro atoms. The molecule has 0 aliphatic heterocycles. The van der Waals surface area contributed by atoms with Gasteiger partial charge in [-0.1, -0.05) is 109 Å². The molecular weight excluding hydrogens is 439 g/mol. The van der Waals surface area contributed by atoms with Crippen LogP contribution in [0.5, 0.6) is 0 Å². The van der Waals surface area contributed by atoms with Gasteiger partial charge in [-0.15, -0.1) is 0 Å². The lowest BCUT2D eigenvalue weighted by Crippen LogP contribution is -2.26. The Morgan fingerprint density at radius 1 is 0.853 bits per heavy atom. The molecule has 34 heavy (non-hydrogen) atoms. The van der Waals surface area contributed by atoms with E-state index in [1.807, 2.05) is 0 Å². The van der Waals surface area contributed by atoms with E-state index in [0.717, 1.165) is 6.42 Å². The molecule has 0 amide bonds. The second-order valence-electron chi connectivity index (χ2n) is 8.52. The summed E-state index contributed by atoms with van der Waals surface area (Å²) in [6.45, 7) is 0.0472. The number of carbonyl (C=O) groups is 2. The predicted octanol–water partition coefficient (Wildman–Crippen LogP) is 4.89. The van der Waals surface area contributed by atoms with Crippen LogP contribution in [-0.4, -0.2) is 24.2 Å². The third-order valence-electron chi connectivity index (χ3n) is 6.48. The monoisotopic (exact) mass is 470 g/mol. The molecule has 1 fully saturated rings. The van der Waals surface area contributed by atoms with E-state index in [9.17, 15) is 9.59 Å². The first kappa shape index (κ1) is 24.0. The number of ketones is 1. The van der Waals surface area contributed by atoms with Gasteiger partial charge in [0.1, 0.15) is 11.7 Å². The van der Waals surface area contributed by atoms with E-state index in [1.165, 1.54) is 15.9 Å². The van der Waals surface area contributed by atoms with Crippen molar-refractivity contribution in [2.45, 2.75) is 26.2 Å². The SMILES string of the molecule is CCOC(=O)C1CCC(C/C=C/C=P(c2ccccc2)(c2ccccc2)c2ccccc2)C1=O. The average Bonchev–Trinajstić information content (AvgIpc) is 3.26. The summed E-state index contributed by atoms with van der Waals surface area (Å²) in [6, 6.07) is 32.0. The number of Topliss-reactive ketones (excluding diaryl/α,β-unsaturated/α-hetero) is 1. The van der Waals surface area contributed by atoms with E-state index < -0.39 is 12.8 Å². The molecule has 0 aromatic heterocycles. The fraction of sp³-hybridized carbons (Fsp3) is 0.233. The van der Waals surface area contributed by atoms with Crippen LogP contribution in [0, 0.1) is 11.8 Å². The molecule has 0 bridgehead atoms. The number of esters is 1. The van der Waals surface area contributed by atoms with E-state index in [0.29, 0.717) is 19.4 Å². The Bertz CT molecular complexity index is 1080. The Morgan fingerprint density at radius 2 is 1.35 bits per heavy atom. The minimum Gasteiger partial charge on any atom is -0.465 e. The zero-order valence-electron chi connectivity index (χ0n) is 19.5. The van der Waals surface area contributed by atoms with Crippen LogP contribution >= 0.6 is 6.89 Å². The van der Waals surface area contributed by atoms with Gasteiger partial charge in [0.15, 0.2) is 0 Å². The predicted molar refractivity (Wildman–Crippen MR) is 143 cm³/mol. The van der Waals surface area contributed by atoms with Crippen LogP contribution in [0.2, 0.25) is 0 Å². The van der Waals surface area contributed by atoms with Gasteiger partial charge in [-0.3, -0.25) is 9.59 Å². The summed E-state index contributed by atoms with van der Waals surface area (Å²) < 4.78 is 5.08. The van der Waals surface area contributed by atoms with Crippen LogP contribution in [0.4, 0.5) is 0 Å². The van der Waals surface area contributed by atoms with Crippen LogP contribution in [0.3, 0.4) is 0 Å². The molecule has 0 saturated heterocycles. The molecule has 3 aromatic carbocycles. The van der Waals surface area contributed by atoms with Gasteiger partial charge in [-0.2, -0.15) is 0 Å². The van der Waals surface area contributed by atoms with Crippen molar-refractivity contribution < 1.29 is 14.3 Å². The van der Waals surface area contributed by atoms with Gasteiger partial charge in [-0.25, -0.2) is 0 Å². The molecule has 2 unspecified atom stereocenters. The van der Waals surface area contributed by atoms with Crippen LogP contribution in [0.1, 0.15) is 26.2 Å². The summed E-state index contributed by atoms with van der Waals surface area (Å²) in [4.78, 5) is 24.8. The number of rotatable bonds is 8. The summed E-state index contributed by atoms with van der Waals surface area (Å²) in [6.07, 6.45) is 6.20. The first-order valence-corrected chi connectivity index (χ1v) is 13.8. The first-order valence-electron chi connectivity index (χ1n) is 11.9. The van der Waals surface area contributed by atoms with Crippen molar-refractivity contribution in [3.05, 3.63) is 103 Å². The van der Waals surface area contributed by atoms with Crippen molar-refractivity contribution in [3.63, 3.8) is 0 Å². The van der Waals surface area contributed by atoms with E-state index in [1.54, 1.807) is 6.92 Å². The molecule has 0 N–H and O–H groups in total. The Kier molecular flexibility index (Phi) is 7.98. The summed E-state index contributed by atoms with van der Waals surface area (Å²) in [5, 5.41) is 3.86. The Morgan fingerprint density at radius 3 is 1.82 bits per heavy atom. The Labute approximate surface area is 202 Å². The number of allylic oxidation sites excluding steroid dienone is 2. The molecule has 0 radical (unpaired) electrons. The molecule has 1 saturated carbocycles. The fourth-order valence-corrected chi connectivity index (χ4v) is 8.49. The second-order valence-corrected chi connectivity index (χ2v) is 11.8. The average molecular weight is 471 g/mol. The zero-order chi connectivity index (χ0) is 23.8. The molecule has 3 nitrogen and oxygen atoms in total. The maximum atomic E-state index is 12.7. The number of hydrogen-bond acceptors (Lipinski definition) is 3. The van der Waals surface area contributed by atoms with Gasteiger partial charge >= 0.3 is 5.97 Å². The maximum Gasteiger partial charge on any atom is 0.316 e. The second kappa shape index (κ2) is 11.3. The lowest BCUT2D eigenvalue weighted by molar-refractivity contribution is -0.150. The zero-order valence-corrected chi connectivity index (χ0v) is 20.4. The van der Waals surface area contributed by atoms with Gasteiger partial charge in [0.05, 0.1) is 6.61 Å². The largest absolute Gasteiger partial charge is 0.465 e. The Balaban J connectivity index is 1.69. The highest BCUT2D eigenvalue weighted by Gasteiger charge is 2.38. The lowest BCUT2D eigenvalue weighted by atomic mass is 10.00. The number of hydrogen-bond donors (Lipinski definition) is 0. The lowest BCUT2D eigenvalue weighted by Gasteiger charge is -2.28. The molecule has 174 valence electrons. The Hall–Kier alpha value is -3.16. The summed E-state index contributed by atoms with van der Waals surface area (Å²) >= 11 is 0. The van der Waals surface area contributed by atoms with Crippen molar-refractivity contribution in [1.29, 1.82) is 0 Å².